The Morgan fingerprint density at radius 1 is 1.13 bits per heavy atom. The summed E-state index contributed by atoms with van der Waals surface area (Å²) in [6, 6.07) is 0. The minimum absolute atomic E-state index is 0.0464. The van der Waals surface area contributed by atoms with E-state index in [0.717, 1.165) is 6.08 Å². The SMILES string of the molecule is COC1=C2C[C@@H](C)C[C@H](OC)[C@@H]3OC(=C[C@@H]3C)[C@H](OC(N)=O)[C@@H](OC)/C=C\C=C(/C)C(=O)NC(=CC1=O)C2=O. The lowest BCUT2D eigenvalue weighted by Crippen LogP contribution is -2.38. The summed E-state index contributed by atoms with van der Waals surface area (Å²) in [5, 5.41) is 2.54. The number of hydrogen-bond acceptors (Lipinski definition) is 9. The molecule has 3 N–H and O–H groups in total. The van der Waals surface area contributed by atoms with Crippen LogP contribution in [0.1, 0.15) is 33.6 Å². The number of amides is 2. The van der Waals surface area contributed by atoms with Crippen LogP contribution in [0.3, 0.4) is 0 Å². The first-order valence-electron chi connectivity index (χ1n) is 12.6. The van der Waals surface area contributed by atoms with Gasteiger partial charge in [-0.05, 0) is 31.8 Å². The number of hydrogen-bond donors (Lipinski definition) is 2. The van der Waals surface area contributed by atoms with E-state index >= 15 is 0 Å². The predicted octanol–water partition coefficient (Wildman–Crippen LogP) is 2.38. The summed E-state index contributed by atoms with van der Waals surface area (Å²) in [6.45, 7) is 5.42. The van der Waals surface area contributed by atoms with E-state index in [0.29, 0.717) is 12.2 Å². The number of nitrogens with one attached hydrogen (secondary N) is 1. The van der Waals surface area contributed by atoms with E-state index in [9.17, 15) is 19.2 Å². The normalized spacial score (nSPS) is 32.5. The van der Waals surface area contributed by atoms with Crippen molar-refractivity contribution in [2.45, 2.75) is 58.0 Å². The molecular weight excluding hydrogens is 508 g/mol. The van der Waals surface area contributed by atoms with Crippen molar-refractivity contribution in [2.75, 3.05) is 21.3 Å². The van der Waals surface area contributed by atoms with E-state index in [-0.39, 0.29) is 40.9 Å². The minimum atomic E-state index is -0.998. The molecule has 2 heterocycles. The number of rotatable bonds is 4. The predicted molar refractivity (Wildman–Crippen MR) is 140 cm³/mol. The van der Waals surface area contributed by atoms with Gasteiger partial charge >= 0.3 is 6.09 Å². The van der Waals surface area contributed by atoms with Crippen LogP contribution in [0.2, 0.25) is 0 Å². The fourth-order valence-corrected chi connectivity index (χ4v) is 4.93. The smallest absolute Gasteiger partial charge is 0.405 e. The first kappa shape index (κ1) is 29.9. The van der Waals surface area contributed by atoms with Crippen LogP contribution in [0.25, 0.3) is 0 Å². The van der Waals surface area contributed by atoms with Crippen LogP contribution in [-0.2, 0) is 38.1 Å². The Kier molecular flexibility index (Phi) is 9.87. The number of nitrogens with two attached hydrogens (primary N) is 1. The highest BCUT2D eigenvalue weighted by molar-refractivity contribution is 6.23. The second-order valence-electron chi connectivity index (χ2n) is 9.84. The maximum atomic E-state index is 13.3. The lowest BCUT2D eigenvalue weighted by molar-refractivity contribution is -0.120. The van der Waals surface area contributed by atoms with Crippen LogP contribution in [0.4, 0.5) is 4.79 Å². The van der Waals surface area contributed by atoms with Gasteiger partial charge in [-0.3, -0.25) is 14.4 Å². The van der Waals surface area contributed by atoms with Crippen LogP contribution in [0.5, 0.6) is 0 Å². The molecule has 2 amide bonds. The summed E-state index contributed by atoms with van der Waals surface area (Å²) in [5.74, 6) is -1.50. The van der Waals surface area contributed by atoms with Gasteiger partial charge in [0.05, 0.1) is 18.9 Å². The zero-order chi connectivity index (χ0) is 28.9. The van der Waals surface area contributed by atoms with Gasteiger partial charge in [0.25, 0.3) is 5.91 Å². The summed E-state index contributed by atoms with van der Waals surface area (Å²) in [6.07, 6.45) is 4.62. The van der Waals surface area contributed by atoms with Crippen molar-refractivity contribution in [3.05, 3.63) is 58.7 Å². The van der Waals surface area contributed by atoms with Gasteiger partial charge in [0, 0.05) is 37.4 Å². The van der Waals surface area contributed by atoms with E-state index < -0.39 is 48.0 Å². The van der Waals surface area contributed by atoms with Gasteiger partial charge in [-0.25, -0.2) is 4.79 Å². The molecule has 1 aliphatic carbocycles. The standard InChI is InChI=1S/C28H36N2O9/c1-14-10-17-23(32)18(13-19(31)25(17)37-6)30-27(33)15(2)8-7-9-20(35-4)26(39-28(29)34)22-12-16(3)24(38-22)21(11-14)36-5/h7-9,12-14,16,20-21,24,26H,10-11H2,1-6H3,(H2,29,34)(H,30,33)/b9-7-,15-8+/t14-,16+,20+,21+,24-,26-/m1/s1. The number of primary amides is 1. The molecule has 0 aromatic carbocycles. The van der Waals surface area contributed by atoms with Crippen molar-refractivity contribution >= 4 is 23.6 Å². The molecule has 6 atom stereocenters. The molecule has 0 spiro atoms. The monoisotopic (exact) mass is 544 g/mol. The van der Waals surface area contributed by atoms with E-state index in [1.54, 1.807) is 26.2 Å². The summed E-state index contributed by atoms with van der Waals surface area (Å²) in [7, 11) is 4.34. The van der Waals surface area contributed by atoms with Crippen molar-refractivity contribution in [3.63, 3.8) is 0 Å². The first-order chi connectivity index (χ1) is 18.5. The van der Waals surface area contributed by atoms with Gasteiger partial charge in [0.15, 0.2) is 11.9 Å². The molecule has 0 unspecified atom stereocenters. The Labute approximate surface area is 227 Å². The number of methoxy groups -OCH3 is 3. The van der Waals surface area contributed by atoms with Crippen LogP contribution < -0.4 is 11.1 Å². The van der Waals surface area contributed by atoms with Gasteiger partial charge in [-0.15, -0.1) is 0 Å². The first-order valence-corrected chi connectivity index (χ1v) is 12.6. The van der Waals surface area contributed by atoms with Crippen LogP contribution in [-0.4, -0.2) is 69.3 Å². The number of carbonyl (C=O) groups is 4. The molecular formula is C28H36N2O9. The summed E-state index contributed by atoms with van der Waals surface area (Å²) in [4.78, 5) is 50.7. The van der Waals surface area contributed by atoms with Gasteiger partial charge < -0.3 is 34.7 Å². The molecule has 0 radical (unpaired) electrons. The fourth-order valence-electron chi connectivity index (χ4n) is 4.93. The summed E-state index contributed by atoms with van der Waals surface area (Å²) in [5.41, 5.74) is 5.66. The topological polar surface area (TPSA) is 152 Å². The van der Waals surface area contributed by atoms with Crippen LogP contribution in [0.15, 0.2) is 58.7 Å². The third-order valence-corrected chi connectivity index (χ3v) is 6.92. The van der Waals surface area contributed by atoms with Crippen molar-refractivity contribution in [1.29, 1.82) is 0 Å². The van der Waals surface area contributed by atoms with Gasteiger partial charge in [0.2, 0.25) is 11.6 Å². The highest BCUT2D eigenvalue weighted by Crippen LogP contribution is 2.35. The van der Waals surface area contributed by atoms with Crippen LogP contribution >= 0.6 is 0 Å². The van der Waals surface area contributed by atoms with E-state index in [1.807, 2.05) is 19.9 Å². The third-order valence-electron chi connectivity index (χ3n) is 6.92. The molecule has 0 saturated carbocycles. The Balaban J connectivity index is 2.06. The molecule has 0 saturated heterocycles. The molecule has 212 valence electrons. The molecule has 0 aromatic heterocycles. The zero-order valence-electron chi connectivity index (χ0n) is 23.0. The summed E-state index contributed by atoms with van der Waals surface area (Å²) < 4.78 is 28.3. The average molecular weight is 545 g/mol. The minimum Gasteiger partial charge on any atom is -0.492 e. The molecule has 11 nitrogen and oxygen atoms in total. The lowest BCUT2D eigenvalue weighted by atomic mass is 9.86. The summed E-state index contributed by atoms with van der Waals surface area (Å²) >= 11 is 0. The molecule has 0 aromatic rings. The number of ketones is 2. The van der Waals surface area contributed by atoms with Gasteiger partial charge in [-0.2, -0.15) is 0 Å². The van der Waals surface area contributed by atoms with Gasteiger partial charge in [-0.1, -0.05) is 32.1 Å². The average Bonchev–Trinajstić information content (AvgIpc) is 3.27. The van der Waals surface area contributed by atoms with Crippen molar-refractivity contribution in [3.8, 4) is 0 Å². The maximum absolute atomic E-state index is 13.3. The van der Waals surface area contributed by atoms with E-state index in [1.165, 1.54) is 20.3 Å². The van der Waals surface area contributed by atoms with Crippen molar-refractivity contribution in [1.82, 2.24) is 5.32 Å². The Morgan fingerprint density at radius 2 is 1.85 bits per heavy atom. The molecule has 0 fully saturated rings. The largest absolute Gasteiger partial charge is 0.492 e. The number of allylic oxidation sites excluding steroid dienone is 4. The molecule has 39 heavy (non-hydrogen) atoms. The fraction of sp³-hybridized carbons (Fsp3) is 0.500. The number of ether oxygens (including phenoxy) is 5. The van der Waals surface area contributed by atoms with E-state index in [2.05, 4.69) is 5.32 Å². The Bertz CT molecular complexity index is 1160. The highest BCUT2D eigenvalue weighted by Gasteiger charge is 2.40. The number of fused-ring (bicyclic) bond motifs is 4. The lowest BCUT2D eigenvalue weighted by Gasteiger charge is -2.30. The molecule has 2 aliphatic heterocycles. The highest BCUT2D eigenvalue weighted by atomic mass is 16.6. The third kappa shape index (κ3) is 6.85. The zero-order valence-corrected chi connectivity index (χ0v) is 23.0. The Morgan fingerprint density at radius 3 is 2.46 bits per heavy atom. The molecule has 4 bridgehead atoms. The molecule has 3 aliphatic rings. The molecule has 11 heteroatoms. The molecule has 3 rings (SSSR count). The maximum Gasteiger partial charge on any atom is 0.405 e. The Hall–Kier alpha value is -3.70. The second-order valence-corrected chi connectivity index (χ2v) is 9.84. The van der Waals surface area contributed by atoms with Crippen molar-refractivity contribution in [2.24, 2.45) is 17.6 Å². The number of carbonyl (C=O) groups excluding carboxylic acids is 4. The van der Waals surface area contributed by atoms with Gasteiger partial charge in [0.1, 0.15) is 18.0 Å². The van der Waals surface area contributed by atoms with E-state index in [4.69, 9.17) is 29.4 Å². The second kappa shape index (κ2) is 12.9. The van der Waals surface area contributed by atoms with Crippen LogP contribution in [0, 0.1) is 11.8 Å². The van der Waals surface area contributed by atoms with Crippen molar-refractivity contribution < 1.29 is 42.9 Å². The number of Topliss-reactive ketones (excluding diaryl/α,β-unsaturated/α-hetero) is 1. The quantitative estimate of drug-likeness (QED) is 0.508.